The zero-order valence-corrected chi connectivity index (χ0v) is 11.3. The van der Waals surface area contributed by atoms with Gasteiger partial charge in [0.1, 0.15) is 17.4 Å². The Kier molecular flexibility index (Phi) is 2.48. The number of hydrogen-bond donors (Lipinski definition) is 0. The predicted molar refractivity (Wildman–Crippen MR) is 78.9 cm³/mol. The molecule has 1 aliphatic rings. The average molecular weight is 276 g/mol. The summed E-state index contributed by atoms with van der Waals surface area (Å²) in [7, 11) is 0. The molecule has 4 nitrogen and oxygen atoms in total. The minimum absolute atomic E-state index is 0.0689. The van der Waals surface area contributed by atoms with E-state index in [0.717, 1.165) is 29.5 Å². The lowest BCUT2D eigenvalue weighted by Crippen LogP contribution is -2.22. The van der Waals surface area contributed by atoms with E-state index in [2.05, 4.69) is 6.07 Å². The van der Waals surface area contributed by atoms with Gasteiger partial charge >= 0.3 is 0 Å². The first-order valence-electron chi connectivity index (χ1n) is 6.94. The molecule has 3 aromatic rings. The number of para-hydroxylation sites is 1. The smallest absolute Gasteiger partial charge is 0.261 e. The number of aromatic nitrogens is 1. The third-order valence-electron chi connectivity index (χ3n) is 4.01. The second-order valence-electron chi connectivity index (χ2n) is 5.24. The highest BCUT2D eigenvalue weighted by molar-refractivity contribution is 5.82. The van der Waals surface area contributed by atoms with Crippen LogP contribution < -0.4 is 5.56 Å². The summed E-state index contributed by atoms with van der Waals surface area (Å²) >= 11 is 0. The van der Waals surface area contributed by atoms with Crippen molar-refractivity contribution < 1.29 is 4.42 Å². The van der Waals surface area contributed by atoms with Gasteiger partial charge in [0, 0.05) is 17.6 Å². The predicted octanol–water partition coefficient (Wildman–Crippen LogP) is 3.08. The lowest BCUT2D eigenvalue weighted by Gasteiger charge is -2.07. The van der Waals surface area contributed by atoms with Gasteiger partial charge in [-0.3, -0.25) is 4.79 Å². The van der Waals surface area contributed by atoms with E-state index < -0.39 is 0 Å². The molecule has 0 amide bonds. The first kappa shape index (κ1) is 12.0. The Morgan fingerprint density at radius 3 is 2.90 bits per heavy atom. The van der Waals surface area contributed by atoms with Gasteiger partial charge in [-0.1, -0.05) is 18.2 Å². The Hall–Kier alpha value is -2.80. The van der Waals surface area contributed by atoms with Crippen LogP contribution in [0.2, 0.25) is 0 Å². The van der Waals surface area contributed by atoms with Crippen LogP contribution in [0.15, 0.2) is 45.6 Å². The molecule has 3 heterocycles. The molecule has 0 atom stereocenters. The highest BCUT2D eigenvalue weighted by Gasteiger charge is 2.21. The molecule has 0 spiro atoms. The van der Waals surface area contributed by atoms with Gasteiger partial charge < -0.3 is 8.98 Å². The number of nitriles is 1. The number of pyridine rings is 1. The molecule has 0 aliphatic carbocycles. The summed E-state index contributed by atoms with van der Waals surface area (Å²) < 4.78 is 7.48. The van der Waals surface area contributed by atoms with E-state index >= 15 is 0 Å². The van der Waals surface area contributed by atoms with Crippen molar-refractivity contribution in [3.8, 4) is 17.4 Å². The highest BCUT2D eigenvalue weighted by Crippen LogP contribution is 2.28. The summed E-state index contributed by atoms with van der Waals surface area (Å²) in [6, 6.07) is 13.4. The van der Waals surface area contributed by atoms with Crippen molar-refractivity contribution >= 4 is 11.0 Å². The third kappa shape index (κ3) is 1.71. The summed E-state index contributed by atoms with van der Waals surface area (Å²) in [6.07, 6.45) is 1.70. The van der Waals surface area contributed by atoms with Gasteiger partial charge in [0.05, 0.1) is 11.1 Å². The van der Waals surface area contributed by atoms with Crippen LogP contribution in [0, 0.1) is 11.3 Å². The summed E-state index contributed by atoms with van der Waals surface area (Å²) in [5.74, 6) is 0.528. The van der Waals surface area contributed by atoms with Gasteiger partial charge in [0.15, 0.2) is 0 Å². The molecular formula is C17H12N2O2. The fourth-order valence-electron chi connectivity index (χ4n) is 3.00. The van der Waals surface area contributed by atoms with Crippen molar-refractivity contribution in [2.24, 2.45) is 0 Å². The van der Waals surface area contributed by atoms with Gasteiger partial charge in [-0.2, -0.15) is 5.26 Å². The standard InChI is InChI=1S/C17H12N2O2/c18-10-12-8-13(17(20)19-7-3-5-14(12)19)16-9-11-4-1-2-6-15(11)21-16/h1-2,4,6,8-9H,3,5,7H2. The molecule has 0 N–H and O–H groups in total. The maximum Gasteiger partial charge on any atom is 0.261 e. The molecule has 102 valence electrons. The lowest BCUT2D eigenvalue weighted by atomic mass is 10.1. The molecule has 1 aliphatic heterocycles. The maximum absolute atomic E-state index is 12.6. The minimum Gasteiger partial charge on any atom is -0.456 e. The number of rotatable bonds is 1. The van der Waals surface area contributed by atoms with Crippen molar-refractivity contribution in [1.29, 1.82) is 5.26 Å². The number of furan rings is 1. The summed E-state index contributed by atoms with van der Waals surface area (Å²) in [4.78, 5) is 12.6. The Bertz CT molecular complexity index is 924. The third-order valence-corrected chi connectivity index (χ3v) is 4.01. The van der Waals surface area contributed by atoms with Crippen molar-refractivity contribution in [3.05, 3.63) is 58.0 Å². The monoisotopic (exact) mass is 276 g/mol. The van der Waals surface area contributed by atoms with E-state index in [-0.39, 0.29) is 5.56 Å². The number of nitrogens with zero attached hydrogens (tertiary/aromatic N) is 2. The molecule has 0 bridgehead atoms. The van der Waals surface area contributed by atoms with Gasteiger partial charge in [-0.05, 0) is 31.0 Å². The first-order chi connectivity index (χ1) is 10.3. The number of hydrogen-bond acceptors (Lipinski definition) is 3. The normalized spacial score (nSPS) is 13.3. The van der Waals surface area contributed by atoms with E-state index in [0.29, 0.717) is 23.4 Å². The van der Waals surface area contributed by atoms with E-state index in [9.17, 15) is 10.1 Å². The molecule has 0 radical (unpaired) electrons. The summed E-state index contributed by atoms with van der Waals surface area (Å²) in [5, 5.41) is 10.3. The van der Waals surface area contributed by atoms with Crippen LogP contribution in [0.4, 0.5) is 0 Å². The van der Waals surface area contributed by atoms with Crippen LogP contribution in [-0.4, -0.2) is 4.57 Å². The fraction of sp³-hybridized carbons (Fsp3) is 0.176. The average Bonchev–Trinajstić information content (AvgIpc) is 3.14. The molecular weight excluding hydrogens is 264 g/mol. The Labute approximate surface area is 120 Å². The van der Waals surface area contributed by atoms with Crippen LogP contribution in [0.1, 0.15) is 17.7 Å². The molecule has 0 saturated heterocycles. The molecule has 0 fully saturated rings. The van der Waals surface area contributed by atoms with Gasteiger partial charge in [0.2, 0.25) is 0 Å². The maximum atomic E-state index is 12.6. The molecule has 4 heteroatoms. The lowest BCUT2D eigenvalue weighted by molar-refractivity contribution is 0.627. The number of benzene rings is 1. The van der Waals surface area contributed by atoms with Crippen molar-refractivity contribution in [2.45, 2.75) is 19.4 Å². The summed E-state index contributed by atoms with van der Waals surface area (Å²) in [5.41, 5.74) is 2.56. The van der Waals surface area contributed by atoms with Crippen LogP contribution >= 0.6 is 0 Å². The van der Waals surface area contributed by atoms with Crippen LogP contribution in [-0.2, 0) is 13.0 Å². The van der Waals surface area contributed by atoms with E-state index in [4.69, 9.17) is 4.42 Å². The van der Waals surface area contributed by atoms with E-state index in [1.54, 1.807) is 10.6 Å². The van der Waals surface area contributed by atoms with Crippen LogP contribution in [0.5, 0.6) is 0 Å². The molecule has 1 aromatic carbocycles. The van der Waals surface area contributed by atoms with E-state index in [1.807, 2.05) is 30.3 Å². The topological polar surface area (TPSA) is 58.9 Å². The van der Waals surface area contributed by atoms with Gasteiger partial charge in [-0.25, -0.2) is 0 Å². The molecule has 4 rings (SSSR count). The van der Waals surface area contributed by atoms with Crippen molar-refractivity contribution in [3.63, 3.8) is 0 Å². The first-order valence-corrected chi connectivity index (χ1v) is 6.94. The summed E-state index contributed by atoms with van der Waals surface area (Å²) in [6.45, 7) is 0.677. The van der Waals surface area contributed by atoms with Gasteiger partial charge in [-0.15, -0.1) is 0 Å². The SMILES string of the molecule is N#Cc1cc(-c2cc3ccccc3o2)c(=O)n2c1CCC2. The zero-order chi connectivity index (χ0) is 14.4. The Morgan fingerprint density at radius 1 is 1.24 bits per heavy atom. The second kappa shape index (κ2) is 4.35. The largest absolute Gasteiger partial charge is 0.456 e. The minimum atomic E-state index is -0.0689. The molecule has 0 unspecified atom stereocenters. The quantitative estimate of drug-likeness (QED) is 0.686. The van der Waals surface area contributed by atoms with E-state index in [1.165, 1.54) is 0 Å². The Morgan fingerprint density at radius 2 is 2.10 bits per heavy atom. The highest BCUT2D eigenvalue weighted by atomic mass is 16.3. The number of fused-ring (bicyclic) bond motifs is 2. The Balaban J connectivity index is 2.01. The molecule has 21 heavy (non-hydrogen) atoms. The van der Waals surface area contributed by atoms with Gasteiger partial charge in [0.25, 0.3) is 5.56 Å². The molecule has 2 aromatic heterocycles. The van der Waals surface area contributed by atoms with Crippen LogP contribution in [0.3, 0.4) is 0 Å². The fourth-order valence-corrected chi connectivity index (χ4v) is 3.00. The van der Waals surface area contributed by atoms with Crippen molar-refractivity contribution in [2.75, 3.05) is 0 Å². The zero-order valence-electron chi connectivity index (χ0n) is 11.3. The van der Waals surface area contributed by atoms with Crippen molar-refractivity contribution in [1.82, 2.24) is 4.57 Å². The van der Waals surface area contributed by atoms with Crippen LogP contribution in [0.25, 0.3) is 22.3 Å². The molecule has 0 saturated carbocycles. The second-order valence-corrected chi connectivity index (χ2v) is 5.24.